The smallest absolute Gasteiger partial charge is 0.262 e. The lowest BCUT2D eigenvalue weighted by molar-refractivity contribution is -0.118. The molecule has 1 amide bonds. The van der Waals surface area contributed by atoms with Crippen molar-refractivity contribution in [2.45, 2.75) is 20.0 Å². The molecule has 0 aliphatic heterocycles. The zero-order valence-electron chi connectivity index (χ0n) is 16.3. The van der Waals surface area contributed by atoms with Crippen molar-refractivity contribution < 1.29 is 14.3 Å². The van der Waals surface area contributed by atoms with Gasteiger partial charge in [0.15, 0.2) is 18.1 Å². The number of thiophene rings is 1. The number of carbonyl (C=O) groups excluding carboxylic acids is 1. The van der Waals surface area contributed by atoms with Gasteiger partial charge in [-0.15, -0.1) is 11.3 Å². The Morgan fingerprint density at radius 1 is 1.10 bits per heavy atom. The van der Waals surface area contributed by atoms with E-state index in [0.717, 1.165) is 23.4 Å². The third-order valence-electron chi connectivity index (χ3n) is 4.22. The predicted octanol–water partition coefficient (Wildman–Crippen LogP) is 5.03. The van der Waals surface area contributed by atoms with Gasteiger partial charge < -0.3 is 20.1 Å². The van der Waals surface area contributed by atoms with Crippen molar-refractivity contribution in [3.05, 3.63) is 74.9 Å². The van der Waals surface area contributed by atoms with Crippen LogP contribution in [-0.4, -0.2) is 19.6 Å². The fraction of sp³-hybridized carbons (Fsp3) is 0.227. The van der Waals surface area contributed by atoms with E-state index in [2.05, 4.69) is 16.7 Å². The molecule has 0 atom stereocenters. The van der Waals surface area contributed by atoms with Crippen LogP contribution in [-0.2, 0) is 17.9 Å². The van der Waals surface area contributed by atoms with E-state index in [9.17, 15) is 4.79 Å². The van der Waals surface area contributed by atoms with Crippen LogP contribution in [0.5, 0.6) is 11.5 Å². The number of amides is 1. The minimum Gasteiger partial charge on any atom is -0.493 e. The molecule has 3 rings (SSSR count). The first-order valence-electron chi connectivity index (χ1n) is 9.14. The number of hydrogen-bond acceptors (Lipinski definition) is 5. The summed E-state index contributed by atoms with van der Waals surface area (Å²) in [4.78, 5) is 13.4. The average molecular weight is 431 g/mol. The van der Waals surface area contributed by atoms with Gasteiger partial charge in [-0.25, -0.2) is 0 Å². The summed E-state index contributed by atoms with van der Waals surface area (Å²) in [6, 6.07) is 15.2. The van der Waals surface area contributed by atoms with E-state index >= 15 is 0 Å². The van der Waals surface area contributed by atoms with Crippen LogP contribution in [0.25, 0.3) is 0 Å². The minimum atomic E-state index is -0.256. The lowest BCUT2D eigenvalue weighted by atomic mass is 10.2. The molecule has 2 aromatic carbocycles. The zero-order valence-corrected chi connectivity index (χ0v) is 17.9. The number of methoxy groups -OCH3 is 1. The highest BCUT2D eigenvalue weighted by Crippen LogP contribution is 2.33. The second kappa shape index (κ2) is 10.3. The number of hydrogen-bond donors (Lipinski definition) is 2. The molecule has 0 aliphatic rings. The highest BCUT2D eigenvalue weighted by atomic mass is 35.5. The molecule has 7 heteroatoms. The number of anilines is 1. The van der Waals surface area contributed by atoms with Crippen LogP contribution in [0.4, 0.5) is 5.69 Å². The maximum atomic E-state index is 12.2. The largest absolute Gasteiger partial charge is 0.493 e. The van der Waals surface area contributed by atoms with Gasteiger partial charge in [-0.2, -0.15) is 0 Å². The number of carbonyl (C=O) groups is 1. The van der Waals surface area contributed by atoms with E-state index in [1.165, 1.54) is 4.88 Å². The van der Waals surface area contributed by atoms with Gasteiger partial charge in [-0.05, 0) is 42.1 Å². The van der Waals surface area contributed by atoms with E-state index in [-0.39, 0.29) is 12.5 Å². The number of rotatable bonds is 9. The van der Waals surface area contributed by atoms with Gasteiger partial charge in [0, 0.05) is 34.7 Å². The Kier molecular flexibility index (Phi) is 7.52. The lowest BCUT2D eigenvalue weighted by Gasteiger charge is -2.14. The predicted molar refractivity (Wildman–Crippen MR) is 118 cm³/mol. The Bertz CT molecular complexity index is 943. The monoisotopic (exact) mass is 430 g/mol. The van der Waals surface area contributed by atoms with Gasteiger partial charge in [0.25, 0.3) is 5.91 Å². The molecule has 0 unspecified atom stereocenters. The molecule has 0 aliphatic carbocycles. The summed E-state index contributed by atoms with van der Waals surface area (Å²) in [5, 5.41) is 8.76. The Morgan fingerprint density at radius 2 is 1.90 bits per heavy atom. The standard InChI is InChI=1S/C22H23ClN2O3S/c1-15-5-7-17(8-6-15)25-22(26)14-28-21-11-19(23)16(10-20(21)27-2)12-24-13-18-4-3-9-29-18/h3-11,24H,12-14H2,1-2H3,(H,25,26). The third kappa shape index (κ3) is 6.22. The molecule has 2 N–H and O–H groups in total. The first-order chi connectivity index (χ1) is 14.0. The highest BCUT2D eigenvalue weighted by molar-refractivity contribution is 7.09. The van der Waals surface area contributed by atoms with Gasteiger partial charge in [-0.3, -0.25) is 4.79 Å². The van der Waals surface area contributed by atoms with Crippen molar-refractivity contribution in [3.63, 3.8) is 0 Å². The summed E-state index contributed by atoms with van der Waals surface area (Å²) in [6.07, 6.45) is 0. The molecule has 3 aromatic rings. The highest BCUT2D eigenvalue weighted by Gasteiger charge is 2.12. The molecule has 5 nitrogen and oxygen atoms in total. The van der Waals surface area contributed by atoms with Crippen LogP contribution in [0.2, 0.25) is 5.02 Å². The van der Waals surface area contributed by atoms with Crippen molar-refractivity contribution in [2.24, 2.45) is 0 Å². The summed E-state index contributed by atoms with van der Waals surface area (Å²) < 4.78 is 11.1. The Morgan fingerprint density at radius 3 is 2.59 bits per heavy atom. The third-order valence-corrected chi connectivity index (χ3v) is 5.45. The Balaban J connectivity index is 1.57. The molecule has 0 spiro atoms. The molecular weight excluding hydrogens is 408 g/mol. The van der Waals surface area contributed by atoms with E-state index in [0.29, 0.717) is 23.1 Å². The Labute approximate surface area is 179 Å². The maximum Gasteiger partial charge on any atom is 0.262 e. The normalized spacial score (nSPS) is 10.6. The lowest BCUT2D eigenvalue weighted by Crippen LogP contribution is -2.20. The number of nitrogens with one attached hydrogen (secondary N) is 2. The molecule has 152 valence electrons. The van der Waals surface area contributed by atoms with Gasteiger partial charge >= 0.3 is 0 Å². The van der Waals surface area contributed by atoms with Crippen molar-refractivity contribution >= 4 is 34.5 Å². The zero-order chi connectivity index (χ0) is 20.6. The van der Waals surface area contributed by atoms with Gasteiger partial charge in [0.2, 0.25) is 0 Å². The fourth-order valence-electron chi connectivity index (χ4n) is 2.70. The van der Waals surface area contributed by atoms with E-state index in [1.807, 2.05) is 48.7 Å². The molecule has 0 bridgehead atoms. The summed E-state index contributed by atoms with van der Waals surface area (Å²) >= 11 is 8.11. The molecule has 29 heavy (non-hydrogen) atoms. The van der Waals surface area contributed by atoms with Crippen LogP contribution in [0.3, 0.4) is 0 Å². The van der Waals surface area contributed by atoms with Crippen LogP contribution in [0.1, 0.15) is 16.0 Å². The van der Waals surface area contributed by atoms with Crippen LogP contribution in [0.15, 0.2) is 53.9 Å². The first kappa shape index (κ1) is 21.2. The topological polar surface area (TPSA) is 59.6 Å². The van der Waals surface area contributed by atoms with Crippen LogP contribution < -0.4 is 20.1 Å². The maximum absolute atomic E-state index is 12.2. The van der Waals surface area contributed by atoms with E-state index in [4.69, 9.17) is 21.1 Å². The number of benzene rings is 2. The second-order valence-corrected chi connectivity index (χ2v) is 7.92. The van der Waals surface area contributed by atoms with Crippen molar-refractivity contribution in [3.8, 4) is 11.5 Å². The quantitative estimate of drug-likeness (QED) is 0.500. The average Bonchev–Trinajstić information content (AvgIpc) is 3.23. The first-order valence-corrected chi connectivity index (χ1v) is 10.4. The summed E-state index contributed by atoms with van der Waals surface area (Å²) in [5.74, 6) is 0.706. The van der Waals surface area contributed by atoms with Crippen molar-refractivity contribution in [1.29, 1.82) is 0 Å². The number of halogens is 1. The SMILES string of the molecule is COc1cc(CNCc2cccs2)c(Cl)cc1OCC(=O)Nc1ccc(C)cc1. The minimum absolute atomic E-state index is 0.142. The van der Waals surface area contributed by atoms with Gasteiger partial charge in [0.1, 0.15) is 0 Å². The number of ether oxygens (including phenoxy) is 2. The molecule has 1 aromatic heterocycles. The van der Waals surface area contributed by atoms with E-state index < -0.39 is 0 Å². The van der Waals surface area contributed by atoms with Crippen LogP contribution >= 0.6 is 22.9 Å². The molecular formula is C22H23ClN2O3S. The molecule has 0 saturated carbocycles. The molecule has 0 fully saturated rings. The second-order valence-electron chi connectivity index (χ2n) is 6.48. The summed E-state index contributed by atoms with van der Waals surface area (Å²) in [5.41, 5.74) is 2.75. The molecule has 0 radical (unpaired) electrons. The number of aryl methyl sites for hydroxylation is 1. The van der Waals surface area contributed by atoms with Gasteiger partial charge in [0.05, 0.1) is 7.11 Å². The Hall–Kier alpha value is -2.54. The molecule has 1 heterocycles. The van der Waals surface area contributed by atoms with Gasteiger partial charge in [-0.1, -0.05) is 35.4 Å². The summed E-state index contributed by atoms with van der Waals surface area (Å²) in [6.45, 7) is 3.22. The fourth-order valence-corrected chi connectivity index (χ4v) is 3.59. The van der Waals surface area contributed by atoms with Crippen molar-refractivity contribution in [2.75, 3.05) is 19.0 Å². The van der Waals surface area contributed by atoms with Crippen LogP contribution in [0, 0.1) is 6.92 Å². The van der Waals surface area contributed by atoms with E-state index in [1.54, 1.807) is 24.5 Å². The summed E-state index contributed by atoms with van der Waals surface area (Å²) in [7, 11) is 1.56. The molecule has 0 saturated heterocycles. The van der Waals surface area contributed by atoms with Crippen molar-refractivity contribution in [1.82, 2.24) is 5.32 Å².